The summed E-state index contributed by atoms with van der Waals surface area (Å²) in [4.78, 5) is 22.0. The predicted octanol–water partition coefficient (Wildman–Crippen LogP) is 2.32. The number of amides is 1. The maximum Gasteiger partial charge on any atom is 0.408 e. The van der Waals surface area contributed by atoms with Crippen LogP contribution in [0.25, 0.3) is 0 Å². The second-order valence-corrected chi connectivity index (χ2v) is 3.77. The van der Waals surface area contributed by atoms with Gasteiger partial charge in [0, 0.05) is 0 Å². The first-order chi connectivity index (χ1) is 8.11. The number of nitrogens with one attached hydrogen (secondary N) is 1. The molecule has 0 heterocycles. The van der Waals surface area contributed by atoms with Crippen molar-refractivity contribution >= 4 is 12.1 Å². The highest BCUT2D eigenvalue weighted by Gasteiger charge is 2.19. The molecule has 0 saturated heterocycles. The molecule has 5 heteroatoms. The van der Waals surface area contributed by atoms with Crippen LogP contribution in [0.15, 0.2) is 12.7 Å². The third kappa shape index (κ3) is 8.30. The molecule has 0 aliphatic heterocycles. The van der Waals surface area contributed by atoms with E-state index in [0.29, 0.717) is 6.42 Å². The molecule has 0 aromatic carbocycles. The lowest BCUT2D eigenvalue weighted by molar-refractivity contribution is -0.139. The number of hydrogen-bond donors (Lipinski definition) is 2. The molecule has 0 spiro atoms. The van der Waals surface area contributed by atoms with E-state index in [0.717, 1.165) is 25.7 Å². The summed E-state index contributed by atoms with van der Waals surface area (Å²) in [6, 6.07) is -0.871. The van der Waals surface area contributed by atoms with Gasteiger partial charge in [-0.05, 0) is 6.42 Å². The fourth-order valence-corrected chi connectivity index (χ4v) is 1.35. The van der Waals surface area contributed by atoms with E-state index < -0.39 is 18.1 Å². The molecule has 98 valence electrons. The molecular formula is C12H21NO4. The van der Waals surface area contributed by atoms with Crippen LogP contribution in [0, 0.1) is 0 Å². The zero-order chi connectivity index (χ0) is 13.1. The van der Waals surface area contributed by atoms with E-state index in [4.69, 9.17) is 5.11 Å². The molecule has 0 fully saturated rings. The Morgan fingerprint density at radius 1 is 1.41 bits per heavy atom. The molecule has 0 bridgehead atoms. The fraction of sp³-hybridized carbons (Fsp3) is 0.667. The van der Waals surface area contributed by atoms with Crippen molar-refractivity contribution in [3.8, 4) is 0 Å². The minimum atomic E-state index is -1.03. The monoisotopic (exact) mass is 243 g/mol. The molecule has 1 atom stereocenters. The van der Waals surface area contributed by atoms with Gasteiger partial charge in [0.2, 0.25) is 0 Å². The van der Waals surface area contributed by atoms with Crippen LogP contribution < -0.4 is 5.32 Å². The topological polar surface area (TPSA) is 75.6 Å². The number of hydrogen-bond acceptors (Lipinski definition) is 3. The van der Waals surface area contributed by atoms with E-state index >= 15 is 0 Å². The van der Waals surface area contributed by atoms with Gasteiger partial charge in [-0.15, -0.1) is 0 Å². The Balaban J connectivity index is 3.93. The van der Waals surface area contributed by atoms with Gasteiger partial charge in [0.05, 0.1) is 0 Å². The van der Waals surface area contributed by atoms with E-state index in [1.807, 2.05) is 0 Å². The average molecular weight is 243 g/mol. The summed E-state index contributed by atoms with van der Waals surface area (Å²) in [7, 11) is 0. The first-order valence-corrected chi connectivity index (χ1v) is 5.88. The van der Waals surface area contributed by atoms with E-state index in [9.17, 15) is 9.59 Å². The molecular weight excluding hydrogens is 222 g/mol. The summed E-state index contributed by atoms with van der Waals surface area (Å²) in [6.45, 7) is 5.56. The number of carboxylic acid groups (broad SMARTS) is 1. The van der Waals surface area contributed by atoms with Crippen molar-refractivity contribution in [2.24, 2.45) is 0 Å². The number of unbranched alkanes of at least 4 members (excludes halogenated alkanes) is 3. The molecule has 2 N–H and O–H groups in total. The van der Waals surface area contributed by atoms with Crippen LogP contribution in [0.3, 0.4) is 0 Å². The summed E-state index contributed by atoms with van der Waals surface area (Å²) in [5.74, 6) is -1.03. The Kier molecular flexibility index (Phi) is 8.82. The van der Waals surface area contributed by atoms with Crippen molar-refractivity contribution in [1.82, 2.24) is 5.32 Å². The van der Waals surface area contributed by atoms with Crippen molar-refractivity contribution in [1.29, 1.82) is 0 Å². The van der Waals surface area contributed by atoms with Gasteiger partial charge in [-0.1, -0.05) is 45.3 Å². The van der Waals surface area contributed by atoms with Gasteiger partial charge >= 0.3 is 12.1 Å². The summed E-state index contributed by atoms with van der Waals surface area (Å²) < 4.78 is 4.67. The standard InChI is InChI=1S/C12H21NO4/c1-3-5-6-7-8-10(11(14)15)13-12(16)17-9-4-2/h4,10H,2-3,5-9H2,1H3,(H,13,16)(H,14,15). The Hall–Kier alpha value is -1.52. The fourth-order valence-electron chi connectivity index (χ4n) is 1.35. The minimum absolute atomic E-state index is 0.0774. The number of aliphatic carboxylic acids is 1. The van der Waals surface area contributed by atoms with Crippen molar-refractivity contribution in [3.05, 3.63) is 12.7 Å². The van der Waals surface area contributed by atoms with Crippen LogP contribution in [0.4, 0.5) is 4.79 Å². The van der Waals surface area contributed by atoms with Crippen LogP contribution in [-0.2, 0) is 9.53 Å². The van der Waals surface area contributed by atoms with Gasteiger partial charge in [-0.3, -0.25) is 0 Å². The number of alkyl carbamates (subject to hydrolysis) is 1. The summed E-state index contributed by atoms with van der Waals surface area (Å²) in [5.41, 5.74) is 0. The molecule has 0 rings (SSSR count). The highest BCUT2D eigenvalue weighted by molar-refractivity contribution is 5.79. The highest BCUT2D eigenvalue weighted by Crippen LogP contribution is 2.06. The Morgan fingerprint density at radius 3 is 2.65 bits per heavy atom. The largest absolute Gasteiger partial charge is 0.480 e. The van der Waals surface area contributed by atoms with Gasteiger partial charge in [0.25, 0.3) is 0 Å². The third-order valence-electron chi connectivity index (χ3n) is 2.27. The number of rotatable bonds is 9. The van der Waals surface area contributed by atoms with Gasteiger partial charge in [-0.2, -0.15) is 0 Å². The minimum Gasteiger partial charge on any atom is -0.480 e. The van der Waals surface area contributed by atoms with Crippen molar-refractivity contribution in [2.45, 2.75) is 45.1 Å². The smallest absolute Gasteiger partial charge is 0.408 e. The maximum absolute atomic E-state index is 11.2. The van der Waals surface area contributed by atoms with E-state index in [2.05, 4.69) is 23.6 Å². The molecule has 0 radical (unpaired) electrons. The molecule has 17 heavy (non-hydrogen) atoms. The van der Waals surface area contributed by atoms with Crippen LogP contribution in [0.5, 0.6) is 0 Å². The molecule has 1 amide bonds. The second-order valence-electron chi connectivity index (χ2n) is 3.77. The number of carboxylic acids is 1. The molecule has 0 aliphatic carbocycles. The van der Waals surface area contributed by atoms with Crippen LogP contribution in [-0.4, -0.2) is 29.8 Å². The second kappa shape index (κ2) is 9.69. The number of carbonyl (C=O) groups is 2. The Morgan fingerprint density at radius 2 is 2.12 bits per heavy atom. The quantitative estimate of drug-likeness (QED) is 0.481. The van der Waals surface area contributed by atoms with E-state index in [1.165, 1.54) is 6.08 Å². The zero-order valence-electron chi connectivity index (χ0n) is 10.3. The normalized spacial score (nSPS) is 11.6. The zero-order valence-corrected chi connectivity index (χ0v) is 10.3. The predicted molar refractivity (Wildman–Crippen MR) is 64.9 cm³/mol. The lowest BCUT2D eigenvalue weighted by Gasteiger charge is -2.13. The molecule has 0 aromatic heterocycles. The molecule has 5 nitrogen and oxygen atoms in total. The van der Waals surface area contributed by atoms with Crippen LogP contribution in [0.1, 0.15) is 39.0 Å². The molecule has 1 unspecified atom stereocenters. The first kappa shape index (κ1) is 15.5. The van der Waals surface area contributed by atoms with Crippen molar-refractivity contribution < 1.29 is 19.4 Å². The lowest BCUT2D eigenvalue weighted by atomic mass is 10.1. The maximum atomic E-state index is 11.2. The summed E-state index contributed by atoms with van der Waals surface area (Å²) in [6.07, 6.45) is 5.07. The van der Waals surface area contributed by atoms with Crippen LogP contribution in [0.2, 0.25) is 0 Å². The van der Waals surface area contributed by atoms with Crippen molar-refractivity contribution in [2.75, 3.05) is 6.61 Å². The average Bonchev–Trinajstić information content (AvgIpc) is 2.30. The summed E-state index contributed by atoms with van der Waals surface area (Å²) >= 11 is 0. The van der Waals surface area contributed by atoms with Gasteiger partial charge < -0.3 is 15.2 Å². The van der Waals surface area contributed by atoms with Crippen LogP contribution >= 0.6 is 0 Å². The Labute approximate surface area is 102 Å². The van der Waals surface area contributed by atoms with E-state index in [-0.39, 0.29) is 6.61 Å². The molecule has 0 saturated carbocycles. The van der Waals surface area contributed by atoms with Gasteiger partial charge in [0.1, 0.15) is 12.6 Å². The lowest BCUT2D eigenvalue weighted by Crippen LogP contribution is -2.41. The SMILES string of the molecule is C=CCOC(=O)NC(CCCCCC)C(=O)O. The summed E-state index contributed by atoms with van der Waals surface area (Å²) in [5, 5.41) is 11.2. The first-order valence-electron chi connectivity index (χ1n) is 5.88. The van der Waals surface area contributed by atoms with Gasteiger partial charge in [-0.25, -0.2) is 9.59 Å². The number of carbonyl (C=O) groups excluding carboxylic acids is 1. The van der Waals surface area contributed by atoms with Crippen molar-refractivity contribution in [3.63, 3.8) is 0 Å². The molecule has 0 aliphatic rings. The third-order valence-corrected chi connectivity index (χ3v) is 2.27. The Bertz CT molecular complexity index is 253. The number of ether oxygens (including phenoxy) is 1. The highest BCUT2D eigenvalue weighted by atomic mass is 16.5. The van der Waals surface area contributed by atoms with E-state index in [1.54, 1.807) is 0 Å². The molecule has 0 aromatic rings. The van der Waals surface area contributed by atoms with Gasteiger partial charge in [0.15, 0.2) is 0 Å².